The van der Waals surface area contributed by atoms with Crippen molar-refractivity contribution in [2.45, 2.75) is 51.9 Å². The molecule has 6 nitrogen and oxygen atoms in total. The summed E-state index contributed by atoms with van der Waals surface area (Å²) >= 11 is 0. The average molecular weight is 756 g/mol. The standard InChI is InChI=1S/C24H16N2.C20H27P.Cu.NO3/c1-3-7-17(8-4-1)19-13-15-25-23-21(19)11-12-22-20(14-16-26-24(22)23)18-9-5-2-6-10-18;1-19(2,3)21(20(4,5)6)18-15-11-10-14-17(18)16-12-8-7-9-13-16;;2-1(3)4/h1-16H;7-15H,1-6H3;;/q;;+1;-1. The Kier molecular flexibility index (Phi) is 13.4. The van der Waals surface area contributed by atoms with E-state index in [2.05, 4.69) is 179 Å². The maximum Gasteiger partial charge on any atom is 1.00 e. The van der Waals surface area contributed by atoms with Crippen LogP contribution in [0.25, 0.3) is 55.2 Å². The molecular weight excluding hydrogens is 713 g/mol. The van der Waals surface area contributed by atoms with Crippen LogP contribution in [-0.4, -0.2) is 25.4 Å². The van der Waals surface area contributed by atoms with Gasteiger partial charge in [-0.15, -0.1) is 0 Å². The number of benzene rings is 5. The fourth-order valence-electron chi connectivity index (χ4n) is 6.83. The van der Waals surface area contributed by atoms with E-state index < -0.39 is 5.09 Å². The Bertz CT molecular complexity index is 2100. The zero-order valence-electron chi connectivity index (χ0n) is 30.2. The molecular formula is C44H43CuN3O3P. The second-order valence-electron chi connectivity index (χ2n) is 14.1. The van der Waals surface area contributed by atoms with Gasteiger partial charge in [-0.25, -0.2) is 0 Å². The van der Waals surface area contributed by atoms with Crippen molar-refractivity contribution in [1.29, 1.82) is 0 Å². The van der Waals surface area contributed by atoms with Crippen LogP contribution in [0, 0.1) is 15.3 Å². The van der Waals surface area contributed by atoms with Crippen LogP contribution >= 0.6 is 7.92 Å². The van der Waals surface area contributed by atoms with Crippen LogP contribution in [0.4, 0.5) is 0 Å². The molecule has 268 valence electrons. The van der Waals surface area contributed by atoms with Crippen LogP contribution in [0.15, 0.2) is 152 Å². The van der Waals surface area contributed by atoms with Gasteiger partial charge in [-0.05, 0) is 61.1 Å². The normalized spacial score (nSPS) is 11.1. The van der Waals surface area contributed by atoms with Gasteiger partial charge >= 0.3 is 17.1 Å². The van der Waals surface area contributed by atoms with E-state index in [0.29, 0.717) is 10.3 Å². The van der Waals surface area contributed by atoms with Gasteiger partial charge in [-0.3, -0.25) is 9.97 Å². The minimum absolute atomic E-state index is 0. The summed E-state index contributed by atoms with van der Waals surface area (Å²) in [6.07, 6.45) is 3.75. The Hall–Kier alpha value is -4.93. The number of aromatic nitrogens is 2. The summed E-state index contributed by atoms with van der Waals surface area (Å²) in [6, 6.07) is 49.1. The zero-order chi connectivity index (χ0) is 36.6. The molecule has 0 saturated carbocycles. The molecule has 0 N–H and O–H groups in total. The van der Waals surface area contributed by atoms with E-state index >= 15 is 0 Å². The molecule has 0 aliphatic heterocycles. The van der Waals surface area contributed by atoms with Gasteiger partial charge in [0.1, 0.15) is 0 Å². The van der Waals surface area contributed by atoms with E-state index in [1.807, 2.05) is 24.5 Å². The number of hydrogen-bond acceptors (Lipinski definition) is 5. The van der Waals surface area contributed by atoms with Crippen molar-refractivity contribution < 1.29 is 22.2 Å². The summed E-state index contributed by atoms with van der Waals surface area (Å²) in [6.45, 7) is 14.3. The van der Waals surface area contributed by atoms with E-state index in [1.165, 1.54) is 38.7 Å². The average Bonchev–Trinajstić information content (AvgIpc) is 3.11. The van der Waals surface area contributed by atoms with E-state index in [1.54, 1.807) is 0 Å². The topological polar surface area (TPSA) is 92.0 Å². The third kappa shape index (κ3) is 9.68. The predicted octanol–water partition coefficient (Wildman–Crippen LogP) is 11.9. The third-order valence-electron chi connectivity index (χ3n) is 8.36. The maximum atomic E-state index is 8.25. The molecule has 2 aromatic heterocycles. The molecule has 8 heteroatoms. The van der Waals surface area contributed by atoms with Crippen molar-refractivity contribution in [3.63, 3.8) is 0 Å². The van der Waals surface area contributed by atoms with Crippen molar-refractivity contribution in [3.05, 3.63) is 167 Å². The summed E-state index contributed by atoms with van der Waals surface area (Å²) in [5.41, 5.74) is 9.37. The summed E-state index contributed by atoms with van der Waals surface area (Å²) in [5, 5.41) is 19.1. The fraction of sp³-hybridized carbons (Fsp3) is 0.182. The van der Waals surface area contributed by atoms with Crippen molar-refractivity contribution in [1.82, 2.24) is 9.97 Å². The first-order valence-electron chi connectivity index (χ1n) is 16.9. The number of rotatable bonds is 4. The van der Waals surface area contributed by atoms with Gasteiger partial charge in [0, 0.05) is 23.2 Å². The molecule has 7 rings (SSSR count). The molecule has 0 aliphatic rings. The van der Waals surface area contributed by atoms with Crippen LogP contribution in [0.2, 0.25) is 0 Å². The first kappa shape index (κ1) is 39.8. The van der Waals surface area contributed by atoms with Gasteiger partial charge in [-0.2, -0.15) is 0 Å². The molecule has 0 fully saturated rings. The molecule has 0 aliphatic carbocycles. The Labute approximate surface area is 318 Å². The number of pyridine rings is 2. The maximum absolute atomic E-state index is 8.25. The third-order valence-corrected chi connectivity index (χ3v) is 11.9. The first-order chi connectivity index (χ1) is 24.4. The number of fused-ring (bicyclic) bond motifs is 3. The molecule has 0 unspecified atom stereocenters. The summed E-state index contributed by atoms with van der Waals surface area (Å²) < 4.78 is 0. The number of hydrogen-bond donors (Lipinski definition) is 0. The van der Waals surface area contributed by atoms with Crippen LogP contribution in [0.5, 0.6) is 0 Å². The smallest absolute Gasteiger partial charge is 0.356 e. The van der Waals surface area contributed by atoms with Crippen LogP contribution < -0.4 is 5.30 Å². The van der Waals surface area contributed by atoms with Gasteiger partial charge < -0.3 is 15.3 Å². The minimum atomic E-state index is -1.75. The molecule has 0 amide bonds. The summed E-state index contributed by atoms with van der Waals surface area (Å²) in [5.74, 6) is 0. The van der Waals surface area contributed by atoms with E-state index in [-0.39, 0.29) is 25.0 Å². The predicted molar refractivity (Wildman–Crippen MR) is 216 cm³/mol. The molecule has 0 atom stereocenters. The summed E-state index contributed by atoms with van der Waals surface area (Å²) in [4.78, 5) is 17.6. The van der Waals surface area contributed by atoms with E-state index in [0.717, 1.165) is 21.8 Å². The van der Waals surface area contributed by atoms with E-state index in [9.17, 15) is 0 Å². The van der Waals surface area contributed by atoms with Gasteiger partial charge in [-0.1, -0.05) is 177 Å². The van der Waals surface area contributed by atoms with Crippen LogP contribution in [-0.2, 0) is 17.1 Å². The van der Waals surface area contributed by atoms with Gasteiger partial charge in [0.15, 0.2) is 0 Å². The van der Waals surface area contributed by atoms with Crippen molar-refractivity contribution in [2.75, 3.05) is 0 Å². The van der Waals surface area contributed by atoms with Crippen molar-refractivity contribution in [3.8, 4) is 33.4 Å². The minimum Gasteiger partial charge on any atom is -0.356 e. The largest absolute Gasteiger partial charge is 1.00 e. The zero-order valence-corrected chi connectivity index (χ0v) is 32.1. The molecule has 2 heterocycles. The Morgan fingerprint density at radius 2 is 0.808 bits per heavy atom. The second kappa shape index (κ2) is 17.5. The number of nitrogens with zero attached hydrogens (tertiary/aromatic N) is 3. The molecule has 0 radical (unpaired) electrons. The SMILES string of the molecule is CC(C)(C)P(c1ccccc1-c1ccccc1)C(C)(C)C.O=[N+]([O-])[O-].[Cu+].c1ccc(-c2ccnc3c2ccc2c(-c4ccccc4)ccnc23)cc1. The second-order valence-corrected chi connectivity index (χ2v) is 17.9. The molecule has 0 saturated heterocycles. The summed E-state index contributed by atoms with van der Waals surface area (Å²) in [7, 11) is -0.282. The van der Waals surface area contributed by atoms with Crippen molar-refractivity contribution in [2.24, 2.45) is 0 Å². The molecule has 0 spiro atoms. The fourth-order valence-corrected chi connectivity index (χ4v) is 11.0. The van der Waals surface area contributed by atoms with Crippen molar-refractivity contribution >= 4 is 35.0 Å². The quantitative estimate of drug-likeness (QED) is 0.0586. The van der Waals surface area contributed by atoms with Gasteiger partial charge in [0.25, 0.3) is 0 Å². The molecule has 52 heavy (non-hydrogen) atoms. The Morgan fingerprint density at radius 1 is 0.481 bits per heavy atom. The Morgan fingerprint density at radius 3 is 1.17 bits per heavy atom. The Balaban J connectivity index is 0.000000212. The van der Waals surface area contributed by atoms with Crippen LogP contribution in [0.1, 0.15) is 41.5 Å². The molecule has 7 aromatic rings. The molecule has 5 aromatic carbocycles. The van der Waals surface area contributed by atoms with Gasteiger partial charge in [0.05, 0.1) is 16.1 Å². The molecule has 0 bridgehead atoms. The van der Waals surface area contributed by atoms with E-state index in [4.69, 9.17) is 15.3 Å². The first-order valence-corrected chi connectivity index (χ1v) is 18.2. The monoisotopic (exact) mass is 755 g/mol. The van der Waals surface area contributed by atoms with Crippen LogP contribution in [0.3, 0.4) is 0 Å². The van der Waals surface area contributed by atoms with Gasteiger partial charge in [0.2, 0.25) is 0 Å².